The summed E-state index contributed by atoms with van der Waals surface area (Å²) in [5.41, 5.74) is 11.3. The van der Waals surface area contributed by atoms with Gasteiger partial charge in [0, 0.05) is 32.0 Å². The standard InChI is InChI=1S/C43H31NS/c1-43(2)35-19-8-5-17-34(35)41-36(43)20-12-22-38(41)44(39-23-11-18-33-32-16-7-10-24-40(32)45-42(33)39)37-21-9-6-15-31(37)30-26-25-28-13-3-4-14-29(28)27-30/h3-27H,1-2H3. The third-order valence-electron chi connectivity index (χ3n) is 9.66. The van der Waals surface area contributed by atoms with Crippen LogP contribution < -0.4 is 4.90 Å². The third kappa shape index (κ3) is 3.92. The Labute approximate surface area is 267 Å². The molecule has 8 aromatic rings. The molecule has 0 atom stereocenters. The van der Waals surface area contributed by atoms with Gasteiger partial charge in [-0.3, -0.25) is 0 Å². The fourth-order valence-corrected chi connectivity index (χ4v) is 8.70. The number of benzene rings is 7. The molecule has 214 valence electrons. The number of anilines is 3. The molecule has 0 bridgehead atoms. The Morgan fingerprint density at radius 3 is 2.04 bits per heavy atom. The fraction of sp³-hybridized carbons (Fsp3) is 0.0698. The molecule has 0 saturated heterocycles. The summed E-state index contributed by atoms with van der Waals surface area (Å²) in [6.45, 7) is 4.73. The summed E-state index contributed by atoms with van der Waals surface area (Å²) in [4.78, 5) is 2.54. The van der Waals surface area contributed by atoms with Gasteiger partial charge in [0.2, 0.25) is 0 Å². The Morgan fingerprint density at radius 2 is 1.13 bits per heavy atom. The molecule has 1 aromatic heterocycles. The van der Waals surface area contributed by atoms with Crippen molar-refractivity contribution in [3.8, 4) is 22.3 Å². The Bertz CT molecular complexity index is 2430. The highest BCUT2D eigenvalue weighted by Gasteiger charge is 2.38. The summed E-state index contributed by atoms with van der Waals surface area (Å²) >= 11 is 1.89. The van der Waals surface area contributed by atoms with E-state index in [1.165, 1.54) is 81.4 Å². The van der Waals surface area contributed by atoms with Crippen LogP contribution in [0.1, 0.15) is 25.0 Å². The lowest BCUT2D eigenvalue weighted by Crippen LogP contribution is -2.16. The SMILES string of the molecule is CC1(C)c2ccccc2-c2c(N(c3ccccc3-c3ccc4ccccc4c3)c3cccc4c3sc3ccccc34)cccc21. The van der Waals surface area contributed by atoms with Crippen LogP contribution in [0.5, 0.6) is 0 Å². The van der Waals surface area contributed by atoms with Gasteiger partial charge in [0.15, 0.2) is 0 Å². The minimum Gasteiger partial charge on any atom is -0.308 e. The van der Waals surface area contributed by atoms with Gasteiger partial charge in [-0.15, -0.1) is 11.3 Å². The van der Waals surface area contributed by atoms with Crippen molar-refractivity contribution in [1.82, 2.24) is 0 Å². The largest absolute Gasteiger partial charge is 0.308 e. The molecule has 1 aliphatic rings. The molecular formula is C43H31NS. The molecule has 0 spiro atoms. The second-order valence-electron chi connectivity index (χ2n) is 12.5. The minimum absolute atomic E-state index is 0.0882. The van der Waals surface area contributed by atoms with Crippen LogP contribution in [-0.2, 0) is 5.41 Å². The van der Waals surface area contributed by atoms with Gasteiger partial charge in [0.1, 0.15) is 0 Å². The third-order valence-corrected chi connectivity index (χ3v) is 10.9. The second kappa shape index (κ2) is 9.92. The molecule has 0 amide bonds. The van der Waals surface area contributed by atoms with Gasteiger partial charge in [-0.25, -0.2) is 0 Å². The average Bonchev–Trinajstić information content (AvgIpc) is 3.58. The van der Waals surface area contributed by atoms with Crippen LogP contribution >= 0.6 is 11.3 Å². The van der Waals surface area contributed by atoms with Gasteiger partial charge < -0.3 is 4.90 Å². The molecule has 1 heterocycles. The number of rotatable bonds is 4. The lowest BCUT2D eigenvalue weighted by molar-refractivity contribution is 0.660. The molecule has 7 aromatic carbocycles. The topological polar surface area (TPSA) is 3.24 Å². The minimum atomic E-state index is -0.0882. The van der Waals surface area contributed by atoms with E-state index in [4.69, 9.17) is 0 Å². The number of hydrogen-bond donors (Lipinski definition) is 0. The zero-order valence-corrected chi connectivity index (χ0v) is 26.1. The maximum atomic E-state index is 2.54. The molecule has 1 nitrogen and oxygen atoms in total. The predicted molar refractivity (Wildman–Crippen MR) is 195 cm³/mol. The first-order chi connectivity index (χ1) is 22.1. The fourth-order valence-electron chi connectivity index (χ4n) is 7.49. The van der Waals surface area contributed by atoms with Crippen LogP contribution in [0, 0.1) is 0 Å². The maximum Gasteiger partial charge on any atom is 0.0640 e. The van der Waals surface area contributed by atoms with Gasteiger partial charge in [-0.05, 0) is 63.4 Å². The number of thiophene rings is 1. The number of fused-ring (bicyclic) bond motifs is 7. The molecule has 0 N–H and O–H groups in total. The van der Waals surface area contributed by atoms with E-state index < -0.39 is 0 Å². The molecule has 9 rings (SSSR count). The highest BCUT2D eigenvalue weighted by molar-refractivity contribution is 7.26. The van der Waals surface area contributed by atoms with Crippen molar-refractivity contribution in [2.45, 2.75) is 19.3 Å². The van der Waals surface area contributed by atoms with E-state index in [2.05, 4.69) is 170 Å². The van der Waals surface area contributed by atoms with E-state index >= 15 is 0 Å². The highest BCUT2D eigenvalue weighted by atomic mass is 32.1. The van der Waals surface area contributed by atoms with Gasteiger partial charge >= 0.3 is 0 Å². The monoisotopic (exact) mass is 593 g/mol. The van der Waals surface area contributed by atoms with Gasteiger partial charge in [-0.2, -0.15) is 0 Å². The second-order valence-corrected chi connectivity index (χ2v) is 13.6. The highest BCUT2D eigenvalue weighted by Crippen LogP contribution is 2.56. The van der Waals surface area contributed by atoms with Crippen LogP contribution in [-0.4, -0.2) is 0 Å². The van der Waals surface area contributed by atoms with Crippen molar-refractivity contribution in [3.63, 3.8) is 0 Å². The average molecular weight is 594 g/mol. The Hall–Kier alpha value is -5.18. The maximum absolute atomic E-state index is 2.54. The molecule has 1 aliphatic carbocycles. The summed E-state index contributed by atoms with van der Waals surface area (Å²) in [5, 5.41) is 5.12. The van der Waals surface area contributed by atoms with Crippen LogP contribution in [0.2, 0.25) is 0 Å². The number of nitrogens with zero attached hydrogens (tertiary/aromatic N) is 1. The summed E-state index contributed by atoms with van der Waals surface area (Å²) in [5.74, 6) is 0. The summed E-state index contributed by atoms with van der Waals surface area (Å²) in [7, 11) is 0. The molecule has 0 radical (unpaired) electrons. The van der Waals surface area contributed by atoms with Crippen LogP contribution in [0.15, 0.2) is 152 Å². The quantitative estimate of drug-likeness (QED) is 0.196. The smallest absolute Gasteiger partial charge is 0.0640 e. The molecule has 45 heavy (non-hydrogen) atoms. The van der Waals surface area contributed by atoms with Crippen LogP contribution in [0.4, 0.5) is 17.1 Å². The van der Waals surface area contributed by atoms with Crippen LogP contribution in [0.25, 0.3) is 53.2 Å². The van der Waals surface area contributed by atoms with Crippen molar-refractivity contribution in [2.24, 2.45) is 0 Å². The summed E-state index contributed by atoms with van der Waals surface area (Å²) in [6, 6.07) is 55.9. The van der Waals surface area contributed by atoms with Crippen LogP contribution in [0.3, 0.4) is 0 Å². The van der Waals surface area contributed by atoms with E-state index in [1.54, 1.807) is 0 Å². The van der Waals surface area contributed by atoms with Crippen molar-refractivity contribution < 1.29 is 0 Å². The van der Waals surface area contributed by atoms with E-state index in [0.29, 0.717) is 0 Å². The zero-order valence-electron chi connectivity index (χ0n) is 25.3. The molecule has 2 heteroatoms. The van der Waals surface area contributed by atoms with Crippen molar-refractivity contribution in [3.05, 3.63) is 163 Å². The summed E-state index contributed by atoms with van der Waals surface area (Å²) in [6.07, 6.45) is 0. The molecule has 0 aliphatic heterocycles. The number of para-hydroxylation sites is 1. The molecular weight excluding hydrogens is 563 g/mol. The zero-order chi connectivity index (χ0) is 30.1. The van der Waals surface area contributed by atoms with Crippen molar-refractivity contribution in [2.75, 3.05) is 4.90 Å². The van der Waals surface area contributed by atoms with Gasteiger partial charge in [-0.1, -0.05) is 135 Å². The first-order valence-electron chi connectivity index (χ1n) is 15.6. The first kappa shape index (κ1) is 26.2. The van der Waals surface area contributed by atoms with E-state index in [1.807, 2.05) is 11.3 Å². The van der Waals surface area contributed by atoms with Crippen molar-refractivity contribution >= 4 is 59.3 Å². The van der Waals surface area contributed by atoms with Gasteiger partial charge in [0.05, 0.1) is 21.8 Å². The Balaban J connectivity index is 1.38. The lowest BCUT2D eigenvalue weighted by atomic mass is 9.82. The molecule has 0 fully saturated rings. The molecule has 0 saturated carbocycles. The van der Waals surface area contributed by atoms with Crippen molar-refractivity contribution in [1.29, 1.82) is 0 Å². The number of hydrogen-bond acceptors (Lipinski definition) is 2. The molecule has 0 unspecified atom stereocenters. The van der Waals surface area contributed by atoms with Gasteiger partial charge in [0.25, 0.3) is 0 Å². The normalized spacial score (nSPS) is 13.3. The predicted octanol–water partition coefficient (Wildman–Crippen LogP) is 12.7. The Morgan fingerprint density at radius 1 is 0.489 bits per heavy atom. The summed E-state index contributed by atoms with van der Waals surface area (Å²) < 4.78 is 2.61. The van der Waals surface area contributed by atoms with E-state index in [0.717, 1.165) is 0 Å². The van der Waals surface area contributed by atoms with E-state index in [9.17, 15) is 0 Å². The first-order valence-corrected chi connectivity index (χ1v) is 16.4. The van der Waals surface area contributed by atoms with E-state index in [-0.39, 0.29) is 5.41 Å². The Kier molecular flexibility index (Phi) is 5.78. The lowest BCUT2D eigenvalue weighted by Gasteiger charge is -2.31.